The van der Waals surface area contributed by atoms with Crippen LogP contribution in [0, 0.1) is 11.8 Å². The average Bonchev–Trinajstić information content (AvgIpc) is 2.48. The molecule has 1 aliphatic carbocycles. The summed E-state index contributed by atoms with van der Waals surface area (Å²) in [5.74, 6) is 1.66. The van der Waals surface area contributed by atoms with Crippen LogP contribution in [0.1, 0.15) is 51.6 Å². The van der Waals surface area contributed by atoms with Crippen LogP contribution in [0.3, 0.4) is 0 Å². The summed E-state index contributed by atoms with van der Waals surface area (Å²) in [5, 5.41) is 3.76. The Balaban J connectivity index is 2.00. The smallest absolute Gasteiger partial charge is 0.0413 e. The first-order valence-corrected chi connectivity index (χ1v) is 8.86. The van der Waals surface area contributed by atoms with Crippen LogP contribution < -0.4 is 5.32 Å². The van der Waals surface area contributed by atoms with Crippen molar-refractivity contribution in [3.63, 3.8) is 0 Å². The van der Waals surface area contributed by atoms with E-state index in [-0.39, 0.29) is 0 Å². The van der Waals surface area contributed by atoms with Gasteiger partial charge in [0.1, 0.15) is 0 Å². The largest absolute Gasteiger partial charge is 0.314 e. The highest BCUT2D eigenvalue weighted by atomic mass is 79.9. The van der Waals surface area contributed by atoms with Gasteiger partial charge in [-0.25, -0.2) is 0 Å². The summed E-state index contributed by atoms with van der Waals surface area (Å²) >= 11 is 3.46. The third-order valence-electron chi connectivity index (χ3n) is 4.58. The third-order valence-corrected chi connectivity index (χ3v) is 5.05. The van der Waals surface area contributed by atoms with E-state index in [1.54, 1.807) is 0 Å². The van der Waals surface area contributed by atoms with E-state index < -0.39 is 0 Å². The van der Waals surface area contributed by atoms with E-state index in [0.717, 1.165) is 29.3 Å². The second-order valence-electron chi connectivity index (χ2n) is 6.08. The van der Waals surface area contributed by atoms with E-state index in [0.29, 0.717) is 6.04 Å². The standard InChI is InChI=1S/C17H27BrN2/c1-3-9-19-17-8-5-13(4-2)10-14(17)11-16-7-6-15(18)12-20-16/h6-7,12-14,17,19H,3-5,8-11H2,1-2H3. The normalized spacial score (nSPS) is 26.6. The maximum atomic E-state index is 4.56. The van der Waals surface area contributed by atoms with Crippen molar-refractivity contribution in [2.45, 2.75) is 58.4 Å². The fraction of sp³-hybridized carbons (Fsp3) is 0.706. The quantitative estimate of drug-likeness (QED) is 0.820. The zero-order chi connectivity index (χ0) is 14.4. The van der Waals surface area contributed by atoms with Gasteiger partial charge in [-0.05, 0) is 78.5 Å². The van der Waals surface area contributed by atoms with Gasteiger partial charge in [0.05, 0.1) is 0 Å². The van der Waals surface area contributed by atoms with Gasteiger partial charge in [-0.2, -0.15) is 0 Å². The molecule has 112 valence electrons. The van der Waals surface area contributed by atoms with Gasteiger partial charge in [-0.1, -0.05) is 20.3 Å². The molecule has 1 aromatic heterocycles. The molecule has 1 heterocycles. The predicted octanol–water partition coefficient (Wildman–Crippen LogP) is 4.58. The van der Waals surface area contributed by atoms with Crippen molar-refractivity contribution in [2.75, 3.05) is 6.54 Å². The highest BCUT2D eigenvalue weighted by Crippen LogP contribution is 2.33. The Morgan fingerprint density at radius 2 is 2.15 bits per heavy atom. The summed E-state index contributed by atoms with van der Waals surface area (Å²) in [6.45, 7) is 5.72. The Hall–Kier alpha value is -0.410. The summed E-state index contributed by atoms with van der Waals surface area (Å²) in [7, 11) is 0. The Morgan fingerprint density at radius 1 is 1.30 bits per heavy atom. The molecule has 1 aliphatic rings. The fourth-order valence-corrected chi connectivity index (χ4v) is 3.59. The van der Waals surface area contributed by atoms with Crippen LogP contribution in [-0.2, 0) is 6.42 Å². The number of pyridine rings is 1. The molecule has 3 heteroatoms. The maximum Gasteiger partial charge on any atom is 0.0413 e. The van der Waals surface area contributed by atoms with Crippen molar-refractivity contribution < 1.29 is 0 Å². The number of nitrogens with one attached hydrogen (secondary N) is 1. The van der Waals surface area contributed by atoms with Gasteiger partial charge in [-0.15, -0.1) is 0 Å². The molecule has 0 saturated heterocycles. The van der Waals surface area contributed by atoms with E-state index in [1.807, 2.05) is 6.20 Å². The molecule has 1 saturated carbocycles. The van der Waals surface area contributed by atoms with Crippen molar-refractivity contribution in [1.82, 2.24) is 10.3 Å². The van der Waals surface area contributed by atoms with Crippen molar-refractivity contribution >= 4 is 15.9 Å². The number of hydrogen-bond acceptors (Lipinski definition) is 2. The van der Waals surface area contributed by atoms with Gasteiger partial charge in [-0.3, -0.25) is 4.98 Å². The van der Waals surface area contributed by atoms with E-state index >= 15 is 0 Å². The van der Waals surface area contributed by atoms with Crippen LogP contribution in [0.5, 0.6) is 0 Å². The van der Waals surface area contributed by atoms with Gasteiger partial charge in [0.25, 0.3) is 0 Å². The van der Waals surface area contributed by atoms with Crippen LogP contribution in [0.25, 0.3) is 0 Å². The van der Waals surface area contributed by atoms with Crippen LogP contribution in [-0.4, -0.2) is 17.6 Å². The molecule has 0 spiro atoms. The summed E-state index contributed by atoms with van der Waals surface area (Å²) in [4.78, 5) is 4.56. The second kappa shape index (κ2) is 8.14. The fourth-order valence-electron chi connectivity index (χ4n) is 3.35. The summed E-state index contributed by atoms with van der Waals surface area (Å²) in [5.41, 5.74) is 1.23. The topological polar surface area (TPSA) is 24.9 Å². The van der Waals surface area contributed by atoms with E-state index in [2.05, 4.69) is 52.2 Å². The minimum Gasteiger partial charge on any atom is -0.314 e. The number of nitrogens with zero attached hydrogens (tertiary/aromatic N) is 1. The first-order chi connectivity index (χ1) is 9.72. The zero-order valence-electron chi connectivity index (χ0n) is 12.7. The molecule has 0 radical (unpaired) electrons. The number of hydrogen-bond donors (Lipinski definition) is 1. The molecule has 0 bridgehead atoms. The number of rotatable bonds is 6. The van der Waals surface area contributed by atoms with Crippen LogP contribution in [0.15, 0.2) is 22.8 Å². The first-order valence-electron chi connectivity index (χ1n) is 8.06. The summed E-state index contributed by atoms with van der Waals surface area (Å²) < 4.78 is 1.07. The zero-order valence-corrected chi connectivity index (χ0v) is 14.3. The minimum atomic E-state index is 0.684. The van der Waals surface area contributed by atoms with Gasteiger partial charge < -0.3 is 5.32 Å². The molecule has 0 aliphatic heterocycles. The Kier molecular flexibility index (Phi) is 6.50. The van der Waals surface area contributed by atoms with Crippen molar-refractivity contribution in [3.05, 3.63) is 28.5 Å². The molecule has 0 amide bonds. The van der Waals surface area contributed by atoms with Crippen molar-refractivity contribution in [1.29, 1.82) is 0 Å². The van der Waals surface area contributed by atoms with Gasteiger partial charge >= 0.3 is 0 Å². The minimum absolute atomic E-state index is 0.684. The maximum absolute atomic E-state index is 4.56. The van der Waals surface area contributed by atoms with E-state index in [9.17, 15) is 0 Å². The summed E-state index contributed by atoms with van der Waals surface area (Å²) in [6.07, 6.45) is 9.66. The summed E-state index contributed by atoms with van der Waals surface area (Å²) in [6, 6.07) is 4.95. The van der Waals surface area contributed by atoms with Crippen molar-refractivity contribution in [2.24, 2.45) is 11.8 Å². The Labute approximate surface area is 131 Å². The van der Waals surface area contributed by atoms with E-state index in [4.69, 9.17) is 0 Å². The molecule has 1 fully saturated rings. The molecular weight excluding hydrogens is 312 g/mol. The first kappa shape index (κ1) is 16.0. The average molecular weight is 339 g/mol. The SMILES string of the molecule is CCCNC1CCC(CC)CC1Cc1ccc(Br)cn1. The van der Waals surface area contributed by atoms with Crippen LogP contribution >= 0.6 is 15.9 Å². The van der Waals surface area contributed by atoms with Crippen LogP contribution in [0.2, 0.25) is 0 Å². The lowest BCUT2D eigenvalue weighted by atomic mass is 9.75. The Bertz CT molecular complexity index is 390. The highest BCUT2D eigenvalue weighted by molar-refractivity contribution is 9.10. The van der Waals surface area contributed by atoms with Crippen molar-refractivity contribution in [3.8, 4) is 0 Å². The number of aromatic nitrogens is 1. The van der Waals surface area contributed by atoms with Gasteiger partial charge in [0.2, 0.25) is 0 Å². The lowest BCUT2D eigenvalue weighted by molar-refractivity contribution is 0.197. The lowest BCUT2D eigenvalue weighted by Gasteiger charge is -2.36. The predicted molar refractivity (Wildman–Crippen MR) is 88.8 cm³/mol. The van der Waals surface area contributed by atoms with Gasteiger partial charge in [0, 0.05) is 22.4 Å². The van der Waals surface area contributed by atoms with Crippen LogP contribution in [0.4, 0.5) is 0 Å². The lowest BCUT2D eigenvalue weighted by Crippen LogP contribution is -2.42. The van der Waals surface area contributed by atoms with Gasteiger partial charge in [0.15, 0.2) is 0 Å². The highest BCUT2D eigenvalue weighted by Gasteiger charge is 2.29. The molecule has 2 rings (SSSR count). The molecule has 3 unspecified atom stereocenters. The second-order valence-corrected chi connectivity index (χ2v) is 7.00. The third kappa shape index (κ3) is 4.56. The molecule has 1 N–H and O–H groups in total. The Morgan fingerprint density at radius 3 is 2.80 bits per heavy atom. The van der Waals surface area contributed by atoms with E-state index in [1.165, 1.54) is 37.8 Å². The molecular formula is C17H27BrN2. The molecule has 20 heavy (non-hydrogen) atoms. The monoisotopic (exact) mass is 338 g/mol. The molecule has 3 atom stereocenters. The number of halogens is 1. The molecule has 1 aromatic rings. The molecule has 2 nitrogen and oxygen atoms in total. The molecule has 0 aromatic carbocycles.